The molecule has 5 heterocycles. The van der Waals surface area contributed by atoms with Crippen molar-refractivity contribution < 1.29 is 37.7 Å². The van der Waals surface area contributed by atoms with Gasteiger partial charge in [-0.05, 0) is 68.8 Å². The van der Waals surface area contributed by atoms with Crippen molar-refractivity contribution in [1.82, 2.24) is 29.7 Å². The molecule has 13 nitrogen and oxygen atoms in total. The molecule has 286 valence electrons. The first kappa shape index (κ1) is 37.7. The van der Waals surface area contributed by atoms with Crippen molar-refractivity contribution in [3.05, 3.63) is 88.1 Å². The summed E-state index contributed by atoms with van der Waals surface area (Å²) < 4.78 is 38.3. The number of esters is 1. The summed E-state index contributed by atoms with van der Waals surface area (Å²) >= 11 is 5.88. The Hall–Kier alpha value is -4.63. The number of benzene rings is 2. The van der Waals surface area contributed by atoms with E-state index in [1.807, 2.05) is 18.2 Å². The molecule has 3 aliphatic heterocycles. The highest BCUT2D eigenvalue weighted by Crippen LogP contribution is 2.30. The summed E-state index contributed by atoms with van der Waals surface area (Å²) in [5, 5.41) is 3.05. The van der Waals surface area contributed by atoms with Gasteiger partial charge in [0, 0.05) is 60.5 Å². The molecule has 1 N–H and O–H groups in total. The lowest BCUT2D eigenvalue weighted by Gasteiger charge is -2.32. The van der Waals surface area contributed by atoms with Gasteiger partial charge in [0.05, 0.1) is 50.0 Å². The summed E-state index contributed by atoms with van der Waals surface area (Å²) in [6.45, 7) is 3.76. The van der Waals surface area contributed by atoms with Crippen LogP contribution >= 0.6 is 11.6 Å². The van der Waals surface area contributed by atoms with Gasteiger partial charge >= 0.3 is 5.97 Å². The quantitative estimate of drug-likeness (QED) is 0.194. The van der Waals surface area contributed by atoms with Crippen molar-refractivity contribution in [2.24, 2.45) is 0 Å². The van der Waals surface area contributed by atoms with Crippen molar-refractivity contribution >= 4 is 40.4 Å². The van der Waals surface area contributed by atoms with E-state index in [-0.39, 0.29) is 37.8 Å². The highest BCUT2D eigenvalue weighted by Gasteiger charge is 2.40. The zero-order chi connectivity index (χ0) is 37.8. The molecule has 15 heteroatoms. The van der Waals surface area contributed by atoms with Gasteiger partial charge in [-0.3, -0.25) is 14.5 Å². The lowest BCUT2D eigenvalue weighted by Crippen LogP contribution is -2.46. The van der Waals surface area contributed by atoms with Gasteiger partial charge in [-0.2, -0.15) is 0 Å². The van der Waals surface area contributed by atoms with Gasteiger partial charge < -0.3 is 33.7 Å². The lowest BCUT2D eigenvalue weighted by molar-refractivity contribution is -0.150. The molecule has 0 aliphatic carbocycles. The largest absolute Gasteiger partial charge is 0.473 e. The number of hydrogen-bond donors (Lipinski definition) is 1. The first-order valence-electron chi connectivity index (χ1n) is 18.2. The minimum atomic E-state index is -0.754. The van der Waals surface area contributed by atoms with Crippen LogP contribution in [0.15, 0.2) is 54.6 Å². The van der Waals surface area contributed by atoms with Crippen LogP contribution in [-0.4, -0.2) is 107 Å². The number of nitrogens with zero attached hydrogens (tertiary/aromatic N) is 5. The second kappa shape index (κ2) is 16.8. The Morgan fingerprint density at radius 1 is 1.04 bits per heavy atom. The molecule has 4 aromatic rings. The minimum Gasteiger partial charge on any atom is -0.473 e. The molecule has 7 rings (SSSR count). The number of likely N-dealkylation sites (tertiary alicyclic amines) is 2. The minimum absolute atomic E-state index is 0.0594. The number of hydrogen-bond acceptors (Lipinski definition) is 10. The number of imidazole rings is 1. The number of carbonyl (C=O) groups excluding carboxylic acids is 3. The average Bonchev–Trinajstić information content (AvgIpc) is 3.76. The number of carbonyl (C=O) groups is 3. The molecule has 3 aliphatic rings. The van der Waals surface area contributed by atoms with Crippen molar-refractivity contribution in [3.8, 4) is 5.88 Å². The molecule has 3 saturated heterocycles. The molecule has 0 spiro atoms. The number of rotatable bonds is 13. The zero-order valence-corrected chi connectivity index (χ0v) is 31.1. The monoisotopic (exact) mass is 762 g/mol. The molecule has 0 bridgehead atoms. The zero-order valence-electron chi connectivity index (χ0n) is 30.3. The van der Waals surface area contributed by atoms with Crippen LogP contribution < -0.4 is 10.1 Å². The number of piperidine rings is 1. The van der Waals surface area contributed by atoms with E-state index in [0.717, 1.165) is 56.0 Å². The number of halogens is 2. The first-order chi connectivity index (χ1) is 26.2. The predicted molar refractivity (Wildman–Crippen MR) is 197 cm³/mol. The van der Waals surface area contributed by atoms with E-state index >= 15 is 0 Å². The Bertz CT molecular complexity index is 2000. The van der Waals surface area contributed by atoms with Crippen molar-refractivity contribution in [2.75, 3.05) is 47.0 Å². The van der Waals surface area contributed by atoms with E-state index < -0.39 is 29.6 Å². The van der Waals surface area contributed by atoms with Crippen molar-refractivity contribution in [1.29, 1.82) is 0 Å². The molecule has 54 heavy (non-hydrogen) atoms. The van der Waals surface area contributed by atoms with Gasteiger partial charge in [-0.15, -0.1) is 0 Å². The molecule has 0 radical (unpaired) electrons. The lowest BCUT2D eigenvalue weighted by atomic mass is 9.93. The fourth-order valence-corrected chi connectivity index (χ4v) is 7.51. The summed E-state index contributed by atoms with van der Waals surface area (Å²) in [5.41, 5.74) is 3.34. The highest BCUT2D eigenvalue weighted by molar-refractivity contribution is 6.30. The maximum atomic E-state index is 14.2. The standard InChI is InChI=1S/C39H44ClFN6O7/c1-51-29-18-34(39(50)52-2)47(21-29)37(48)19-42-38(49)25-7-9-33-32(16-25)43-35(46(33)20-28-12-15-53-28)22-45-13-10-24(11-14-45)31-4-3-5-36(44-31)54-23-26-6-8-27(40)17-30(26)41/h3-9,16-17,24,28-29,34H,10-15,18-23H2,1-2H3,(H,42,49)/t28-,29-,34-/m0/s1. The summed E-state index contributed by atoms with van der Waals surface area (Å²) in [4.78, 5) is 52.1. The Balaban J connectivity index is 0.980. The van der Waals surface area contributed by atoms with E-state index in [9.17, 15) is 18.8 Å². The molecule has 2 amide bonds. The van der Waals surface area contributed by atoms with Crippen LogP contribution in [0.3, 0.4) is 0 Å². The van der Waals surface area contributed by atoms with Crippen LogP contribution in [-0.2, 0) is 43.5 Å². The summed E-state index contributed by atoms with van der Waals surface area (Å²) in [5.74, 6) is -0.126. The second-order valence-electron chi connectivity index (χ2n) is 14.0. The maximum absolute atomic E-state index is 14.2. The third-order valence-corrected chi connectivity index (χ3v) is 10.8. The molecule has 3 fully saturated rings. The van der Waals surface area contributed by atoms with Crippen LogP contribution in [0.1, 0.15) is 59.0 Å². The second-order valence-corrected chi connectivity index (χ2v) is 14.4. The summed E-state index contributed by atoms with van der Waals surface area (Å²) in [6, 6.07) is 14.9. The SMILES string of the molecule is COC(=O)[C@@H]1C[C@H](OC)CN1C(=O)CNC(=O)c1ccc2c(c1)nc(CN1CCC(c3cccc(OCc4ccc(Cl)cc4F)n3)CC1)n2C[C@@H]1CCO1. The van der Waals surface area contributed by atoms with Gasteiger partial charge in [0.15, 0.2) is 0 Å². The van der Waals surface area contributed by atoms with E-state index in [1.165, 1.54) is 25.2 Å². The molecular weight excluding hydrogens is 719 g/mol. The van der Waals surface area contributed by atoms with Gasteiger partial charge in [-0.1, -0.05) is 23.7 Å². The summed E-state index contributed by atoms with van der Waals surface area (Å²) in [7, 11) is 2.82. The highest BCUT2D eigenvalue weighted by atomic mass is 35.5. The molecule has 2 aromatic heterocycles. The fourth-order valence-electron chi connectivity index (χ4n) is 7.36. The van der Waals surface area contributed by atoms with Crippen molar-refractivity contribution in [2.45, 2.75) is 69.5 Å². The van der Waals surface area contributed by atoms with Crippen LogP contribution in [0.25, 0.3) is 11.0 Å². The Morgan fingerprint density at radius 2 is 1.85 bits per heavy atom. The molecule has 2 aromatic carbocycles. The summed E-state index contributed by atoms with van der Waals surface area (Å²) in [6.07, 6.45) is 2.94. The van der Waals surface area contributed by atoms with Crippen LogP contribution in [0.2, 0.25) is 5.02 Å². The third kappa shape index (κ3) is 8.51. The molecule has 3 atom stereocenters. The maximum Gasteiger partial charge on any atom is 0.328 e. The first-order valence-corrected chi connectivity index (χ1v) is 18.6. The molecular formula is C39H44ClFN6O7. The normalized spacial score (nSPS) is 20.5. The third-order valence-electron chi connectivity index (χ3n) is 10.6. The number of pyridine rings is 1. The van der Waals surface area contributed by atoms with Crippen LogP contribution in [0.4, 0.5) is 4.39 Å². The van der Waals surface area contributed by atoms with Crippen LogP contribution in [0, 0.1) is 5.82 Å². The van der Waals surface area contributed by atoms with Gasteiger partial charge in [-0.25, -0.2) is 19.2 Å². The van der Waals surface area contributed by atoms with Gasteiger partial charge in [0.1, 0.15) is 24.3 Å². The number of methoxy groups -OCH3 is 2. The Labute approximate surface area is 317 Å². The number of ether oxygens (including phenoxy) is 4. The molecule has 0 saturated carbocycles. The number of nitrogens with one attached hydrogen (secondary N) is 1. The van der Waals surface area contributed by atoms with E-state index in [0.29, 0.717) is 47.1 Å². The Kier molecular flexibility index (Phi) is 11.7. The average molecular weight is 763 g/mol. The predicted octanol–water partition coefficient (Wildman–Crippen LogP) is 4.49. The van der Waals surface area contributed by atoms with E-state index in [4.69, 9.17) is 40.5 Å². The van der Waals surface area contributed by atoms with Gasteiger partial charge in [0.2, 0.25) is 11.8 Å². The van der Waals surface area contributed by atoms with Crippen LogP contribution in [0.5, 0.6) is 5.88 Å². The van der Waals surface area contributed by atoms with E-state index in [1.54, 1.807) is 30.3 Å². The Morgan fingerprint density at radius 3 is 2.57 bits per heavy atom. The smallest absolute Gasteiger partial charge is 0.328 e. The fraction of sp³-hybridized carbons (Fsp3) is 0.462. The number of fused-ring (bicyclic) bond motifs is 1. The van der Waals surface area contributed by atoms with Gasteiger partial charge in [0.25, 0.3) is 5.91 Å². The van der Waals surface area contributed by atoms with E-state index in [2.05, 4.69) is 14.8 Å². The molecule has 0 unspecified atom stereocenters. The number of amides is 2. The topological polar surface area (TPSA) is 137 Å². The van der Waals surface area contributed by atoms with Crippen molar-refractivity contribution in [3.63, 3.8) is 0 Å². The number of aromatic nitrogens is 3.